The number of aryl methyl sites for hydroxylation is 3. The van der Waals surface area contributed by atoms with Crippen LogP contribution in [-0.4, -0.2) is 26.5 Å². The van der Waals surface area contributed by atoms with Crippen molar-refractivity contribution in [1.29, 1.82) is 0 Å². The van der Waals surface area contributed by atoms with Gasteiger partial charge in [-0.3, -0.25) is 9.10 Å². The van der Waals surface area contributed by atoms with Gasteiger partial charge in [-0.05, 0) is 76.1 Å². The highest BCUT2D eigenvalue weighted by molar-refractivity contribution is 7.92. The van der Waals surface area contributed by atoms with Crippen molar-refractivity contribution in [2.45, 2.75) is 57.6 Å². The molecule has 0 saturated carbocycles. The van der Waals surface area contributed by atoms with E-state index < -0.39 is 15.6 Å². The second-order valence-corrected chi connectivity index (χ2v) is 11.8. The predicted molar refractivity (Wildman–Crippen MR) is 138 cm³/mol. The maximum absolute atomic E-state index is 13.7. The molecule has 3 aromatic rings. The normalized spacial score (nSPS) is 16.7. The second kappa shape index (κ2) is 9.38. The van der Waals surface area contributed by atoms with Crippen LogP contribution in [0.4, 0.5) is 5.69 Å². The van der Waals surface area contributed by atoms with Gasteiger partial charge in [0.2, 0.25) is 5.91 Å². The maximum Gasteiger partial charge on any atom is 0.264 e. The highest BCUT2D eigenvalue weighted by Crippen LogP contribution is 2.39. The van der Waals surface area contributed by atoms with Gasteiger partial charge in [0.05, 0.1) is 16.6 Å². The molecule has 0 aliphatic carbocycles. The molecule has 0 radical (unpaired) electrons. The Hall–Kier alpha value is -3.32. The van der Waals surface area contributed by atoms with Gasteiger partial charge in [0.25, 0.3) is 10.0 Å². The van der Waals surface area contributed by atoms with Crippen molar-refractivity contribution in [1.82, 2.24) is 5.32 Å². The molecule has 1 amide bonds. The van der Waals surface area contributed by atoms with E-state index >= 15 is 0 Å². The summed E-state index contributed by atoms with van der Waals surface area (Å²) in [5.41, 5.74) is 3.69. The summed E-state index contributed by atoms with van der Waals surface area (Å²) >= 11 is 0. The first-order valence-electron chi connectivity index (χ1n) is 11.7. The number of amides is 1. The van der Waals surface area contributed by atoms with E-state index in [-0.39, 0.29) is 23.4 Å². The molecule has 1 unspecified atom stereocenters. The number of carbonyl (C=O) groups excluding carboxylic acids is 1. The fourth-order valence-electron chi connectivity index (χ4n) is 4.55. The fraction of sp³-hybridized carbons (Fsp3) is 0.321. The SMILES string of the molecule is Cc1ccc(S(=O)(=O)N(CC(=O)NC2CC(C)(C)Oc3ccccc32)c2cc(C)cc(C)c2)cc1. The summed E-state index contributed by atoms with van der Waals surface area (Å²) in [5, 5.41) is 3.07. The minimum absolute atomic E-state index is 0.146. The Kier molecular flexibility index (Phi) is 6.64. The van der Waals surface area contributed by atoms with E-state index in [1.165, 1.54) is 4.31 Å². The highest BCUT2D eigenvalue weighted by atomic mass is 32.2. The molecule has 1 N–H and O–H groups in total. The smallest absolute Gasteiger partial charge is 0.264 e. The quantitative estimate of drug-likeness (QED) is 0.512. The molecule has 3 aromatic carbocycles. The van der Waals surface area contributed by atoms with E-state index in [9.17, 15) is 13.2 Å². The summed E-state index contributed by atoms with van der Waals surface area (Å²) in [6.07, 6.45) is 0.573. The number of para-hydroxylation sites is 1. The molecular weight excluding hydrogens is 460 g/mol. The molecule has 0 spiro atoms. The third-order valence-electron chi connectivity index (χ3n) is 6.10. The van der Waals surface area contributed by atoms with Crippen molar-refractivity contribution >= 4 is 21.6 Å². The van der Waals surface area contributed by atoms with Gasteiger partial charge in [-0.2, -0.15) is 0 Å². The molecule has 35 heavy (non-hydrogen) atoms. The Morgan fingerprint density at radius 3 is 2.26 bits per heavy atom. The molecule has 1 heterocycles. The number of rotatable bonds is 6. The lowest BCUT2D eigenvalue weighted by Crippen LogP contribution is -2.45. The van der Waals surface area contributed by atoms with Crippen LogP contribution in [-0.2, 0) is 14.8 Å². The number of carbonyl (C=O) groups is 1. The van der Waals surface area contributed by atoms with Crippen LogP contribution in [0.1, 0.15) is 48.6 Å². The maximum atomic E-state index is 13.7. The zero-order valence-corrected chi connectivity index (χ0v) is 21.6. The molecule has 7 heteroatoms. The number of nitrogens with one attached hydrogen (secondary N) is 1. The number of ether oxygens (including phenoxy) is 1. The number of nitrogens with zero attached hydrogens (tertiary/aromatic N) is 1. The van der Waals surface area contributed by atoms with Crippen molar-refractivity contribution in [3.05, 3.63) is 89.0 Å². The lowest BCUT2D eigenvalue weighted by atomic mass is 9.89. The third kappa shape index (κ3) is 5.51. The Labute approximate surface area is 208 Å². The number of fused-ring (bicyclic) bond motifs is 1. The van der Waals surface area contributed by atoms with Crippen LogP contribution in [0.5, 0.6) is 5.75 Å². The van der Waals surface area contributed by atoms with Gasteiger partial charge in [0.15, 0.2) is 0 Å². The lowest BCUT2D eigenvalue weighted by Gasteiger charge is -2.38. The van der Waals surface area contributed by atoms with Crippen LogP contribution in [0.25, 0.3) is 0 Å². The summed E-state index contributed by atoms with van der Waals surface area (Å²) < 4.78 is 34.7. The third-order valence-corrected chi connectivity index (χ3v) is 7.89. The second-order valence-electron chi connectivity index (χ2n) is 9.89. The number of benzene rings is 3. The van der Waals surface area contributed by atoms with E-state index in [0.717, 1.165) is 28.0 Å². The zero-order valence-electron chi connectivity index (χ0n) is 20.8. The molecule has 0 fully saturated rings. The molecule has 1 aliphatic rings. The molecule has 6 nitrogen and oxygen atoms in total. The topological polar surface area (TPSA) is 75.7 Å². The number of anilines is 1. The molecule has 4 rings (SSSR count). The molecule has 1 atom stereocenters. The van der Waals surface area contributed by atoms with Gasteiger partial charge < -0.3 is 10.1 Å². The van der Waals surface area contributed by atoms with Gasteiger partial charge in [0.1, 0.15) is 17.9 Å². The Balaban J connectivity index is 1.67. The Bertz CT molecular complexity index is 1330. The van der Waals surface area contributed by atoms with Gasteiger partial charge >= 0.3 is 0 Å². The van der Waals surface area contributed by atoms with Crippen LogP contribution in [0.2, 0.25) is 0 Å². The molecule has 184 valence electrons. The van der Waals surface area contributed by atoms with E-state index in [4.69, 9.17) is 4.74 Å². The van der Waals surface area contributed by atoms with Crippen LogP contribution in [0.15, 0.2) is 71.6 Å². The predicted octanol–water partition coefficient (Wildman–Crippen LogP) is 5.23. The minimum atomic E-state index is -3.98. The average Bonchev–Trinajstić information content (AvgIpc) is 2.76. The first-order chi connectivity index (χ1) is 16.4. The van der Waals surface area contributed by atoms with E-state index in [1.807, 2.05) is 65.0 Å². The van der Waals surface area contributed by atoms with E-state index in [0.29, 0.717) is 12.1 Å². The van der Waals surface area contributed by atoms with Gasteiger partial charge in [-0.1, -0.05) is 42.0 Å². The molecule has 1 aliphatic heterocycles. The minimum Gasteiger partial charge on any atom is -0.487 e. The summed E-state index contributed by atoms with van der Waals surface area (Å²) in [4.78, 5) is 13.5. The van der Waals surface area contributed by atoms with Crippen molar-refractivity contribution < 1.29 is 17.9 Å². The summed E-state index contributed by atoms with van der Waals surface area (Å²) in [7, 11) is -3.98. The first kappa shape index (κ1) is 24.8. The molecular formula is C28H32N2O4S. The van der Waals surface area contributed by atoms with Crippen LogP contribution < -0.4 is 14.4 Å². The van der Waals surface area contributed by atoms with E-state index in [1.54, 1.807) is 36.4 Å². The van der Waals surface area contributed by atoms with E-state index in [2.05, 4.69) is 5.32 Å². The number of hydrogen-bond acceptors (Lipinski definition) is 4. The van der Waals surface area contributed by atoms with Crippen molar-refractivity contribution in [3.8, 4) is 5.75 Å². The Morgan fingerprint density at radius 2 is 1.60 bits per heavy atom. The van der Waals surface area contributed by atoms with Crippen molar-refractivity contribution in [2.24, 2.45) is 0 Å². The van der Waals surface area contributed by atoms with Gasteiger partial charge in [0, 0.05) is 12.0 Å². The van der Waals surface area contributed by atoms with Crippen LogP contribution in [0.3, 0.4) is 0 Å². The molecule has 0 saturated heterocycles. The number of sulfonamides is 1. The number of hydrogen-bond donors (Lipinski definition) is 1. The molecule has 0 bridgehead atoms. The van der Waals surface area contributed by atoms with Crippen molar-refractivity contribution in [2.75, 3.05) is 10.8 Å². The van der Waals surface area contributed by atoms with Crippen LogP contribution in [0, 0.1) is 20.8 Å². The monoisotopic (exact) mass is 492 g/mol. The summed E-state index contributed by atoms with van der Waals surface area (Å²) in [6, 6.07) is 19.6. The van der Waals surface area contributed by atoms with Crippen LogP contribution >= 0.6 is 0 Å². The van der Waals surface area contributed by atoms with Gasteiger partial charge in [-0.15, -0.1) is 0 Å². The average molecular weight is 493 g/mol. The summed E-state index contributed by atoms with van der Waals surface area (Å²) in [5.74, 6) is 0.352. The first-order valence-corrected chi connectivity index (χ1v) is 13.1. The highest BCUT2D eigenvalue weighted by Gasteiger charge is 2.35. The van der Waals surface area contributed by atoms with Crippen molar-refractivity contribution in [3.63, 3.8) is 0 Å². The lowest BCUT2D eigenvalue weighted by molar-refractivity contribution is -0.120. The molecule has 0 aromatic heterocycles. The van der Waals surface area contributed by atoms with Gasteiger partial charge in [-0.25, -0.2) is 8.42 Å². The largest absolute Gasteiger partial charge is 0.487 e. The fourth-order valence-corrected chi connectivity index (χ4v) is 5.95. The standard InChI is InChI=1S/C28H32N2O4S/c1-19-10-12-23(13-11-19)35(32,33)30(22-15-20(2)14-21(3)16-22)18-27(31)29-25-17-28(4,5)34-26-9-7-6-8-24(25)26/h6-16,25H,17-18H2,1-5H3,(H,29,31). The Morgan fingerprint density at radius 1 is 0.971 bits per heavy atom. The zero-order chi connectivity index (χ0) is 25.4. The summed E-state index contributed by atoms with van der Waals surface area (Å²) in [6.45, 7) is 9.35.